The third kappa shape index (κ3) is 5.08. The molecular formula is C18H26ClFN2O2. The highest BCUT2D eigenvalue weighted by Gasteiger charge is 2.34. The number of ether oxygens (including phenoxy) is 1. The molecule has 4 nitrogen and oxygen atoms in total. The fraction of sp³-hybridized carbons (Fsp3) is 0.611. The Morgan fingerprint density at radius 1 is 1.25 bits per heavy atom. The maximum Gasteiger partial charge on any atom is 0.222 e. The molecule has 1 N–H and O–H groups in total. The van der Waals surface area contributed by atoms with Gasteiger partial charge in [-0.3, -0.25) is 4.79 Å². The predicted octanol–water partition coefficient (Wildman–Crippen LogP) is 3.01. The van der Waals surface area contributed by atoms with E-state index >= 15 is 0 Å². The average molecular weight is 357 g/mol. The molecule has 2 atom stereocenters. The maximum absolute atomic E-state index is 12.8. The summed E-state index contributed by atoms with van der Waals surface area (Å²) in [5, 5.41) is 3.61. The molecule has 0 saturated carbocycles. The van der Waals surface area contributed by atoms with Crippen molar-refractivity contribution >= 4 is 18.3 Å². The second-order valence-electron chi connectivity index (χ2n) is 6.80. The normalized spacial score (nSPS) is 25.0. The van der Waals surface area contributed by atoms with Crippen LogP contribution in [0.25, 0.3) is 0 Å². The summed E-state index contributed by atoms with van der Waals surface area (Å²) in [6, 6.07) is 7.19. The number of hydrogen-bond donors (Lipinski definition) is 1. The Hall–Kier alpha value is -1.33. The average Bonchev–Trinajstić information content (AvgIpc) is 2.88. The monoisotopic (exact) mass is 356 g/mol. The zero-order chi connectivity index (χ0) is 16.2. The van der Waals surface area contributed by atoms with Crippen LogP contribution < -0.4 is 10.1 Å². The summed E-state index contributed by atoms with van der Waals surface area (Å²) in [5.74, 6) is 1.06. The molecule has 0 aromatic heterocycles. The van der Waals surface area contributed by atoms with E-state index in [1.165, 1.54) is 25.0 Å². The molecule has 2 fully saturated rings. The Morgan fingerprint density at radius 3 is 2.50 bits per heavy atom. The number of rotatable bonds is 6. The van der Waals surface area contributed by atoms with Crippen LogP contribution in [0.3, 0.4) is 0 Å². The Kier molecular flexibility index (Phi) is 6.87. The van der Waals surface area contributed by atoms with Crippen molar-refractivity contribution < 1.29 is 13.9 Å². The SMILES string of the molecule is CN(CCOc1ccc(F)cc1)C(=O)CC1CC2CCC(C1)N2.Cl. The van der Waals surface area contributed by atoms with Crippen LogP contribution in [0.15, 0.2) is 24.3 Å². The van der Waals surface area contributed by atoms with Crippen molar-refractivity contribution in [1.82, 2.24) is 10.2 Å². The second kappa shape index (κ2) is 8.67. The first-order valence-electron chi connectivity index (χ1n) is 8.48. The van der Waals surface area contributed by atoms with E-state index in [0.29, 0.717) is 43.3 Å². The van der Waals surface area contributed by atoms with Gasteiger partial charge in [-0.25, -0.2) is 4.39 Å². The van der Waals surface area contributed by atoms with Gasteiger partial charge >= 0.3 is 0 Å². The molecule has 1 aromatic carbocycles. The van der Waals surface area contributed by atoms with Crippen molar-refractivity contribution in [3.05, 3.63) is 30.1 Å². The molecule has 2 aliphatic heterocycles. The number of amides is 1. The lowest BCUT2D eigenvalue weighted by molar-refractivity contribution is -0.131. The van der Waals surface area contributed by atoms with Gasteiger partial charge in [0.25, 0.3) is 0 Å². The van der Waals surface area contributed by atoms with Gasteiger partial charge < -0.3 is 15.0 Å². The molecule has 1 aromatic rings. The van der Waals surface area contributed by atoms with Crippen molar-refractivity contribution in [3.63, 3.8) is 0 Å². The van der Waals surface area contributed by atoms with Crippen molar-refractivity contribution in [2.75, 3.05) is 20.2 Å². The molecule has 2 saturated heterocycles. The minimum Gasteiger partial charge on any atom is -0.492 e. The molecule has 2 bridgehead atoms. The number of nitrogens with zero attached hydrogens (tertiary/aromatic N) is 1. The van der Waals surface area contributed by atoms with E-state index in [0.717, 1.165) is 12.8 Å². The van der Waals surface area contributed by atoms with Crippen molar-refractivity contribution in [3.8, 4) is 5.75 Å². The minimum atomic E-state index is -0.277. The van der Waals surface area contributed by atoms with Crippen LogP contribution in [-0.2, 0) is 4.79 Å². The first-order valence-corrected chi connectivity index (χ1v) is 8.48. The van der Waals surface area contributed by atoms with E-state index in [2.05, 4.69) is 5.32 Å². The summed E-state index contributed by atoms with van der Waals surface area (Å²) in [5.41, 5.74) is 0. The van der Waals surface area contributed by atoms with Gasteiger partial charge in [-0.15, -0.1) is 12.4 Å². The fourth-order valence-electron chi connectivity index (χ4n) is 3.70. The quantitative estimate of drug-likeness (QED) is 0.852. The number of halogens is 2. The van der Waals surface area contributed by atoms with Crippen LogP contribution in [0, 0.1) is 11.7 Å². The molecule has 2 unspecified atom stereocenters. The Balaban J connectivity index is 0.00000208. The smallest absolute Gasteiger partial charge is 0.222 e. The molecule has 0 aliphatic carbocycles. The number of piperidine rings is 1. The lowest BCUT2D eigenvalue weighted by Gasteiger charge is -2.30. The molecule has 2 aliphatic rings. The lowest BCUT2D eigenvalue weighted by atomic mass is 9.89. The molecule has 3 rings (SSSR count). The summed E-state index contributed by atoms with van der Waals surface area (Å²) in [4.78, 5) is 14.1. The van der Waals surface area contributed by atoms with E-state index in [1.807, 2.05) is 7.05 Å². The van der Waals surface area contributed by atoms with Crippen molar-refractivity contribution in [2.24, 2.45) is 5.92 Å². The fourth-order valence-corrected chi connectivity index (χ4v) is 3.70. The largest absolute Gasteiger partial charge is 0.492 e. The summed E-state index contributed by atoms with van der Waals surface area (Å²) in [7, 11) is 1.83. The Labute approximate surface area is 149 Å². The van der Waals surface area contributed by atoms with E-state index in [-0.39, 0.29) is 24.1 Å². The van der Waals surface area contributed by atoms with Gasteiger partial charge in [-0.05, 0) is 55.9 Å². The first kappa shape index (κ1) is 19.0. The van der Waals surface area contributed by atoms with Gasteiger partial charge in [0.05, 0.1) is 6.54 Å². The van der Waals surface area contributed by atoms with E-state index in [4.69, 9.17) is 4.74 Å². The van der Waals surface area contributed by atoms with Gasteiger partial charge in [0, 0.05) is 25.6 Å². The molecular weight excluding hydrogens is 331 g/mol. The van der Waals surface area contributed by atoms with Gasteiger partial charge in [-0.2, -0.15) is 0 Å². The van der Waals surface area contributed by atoms with E-state index in [9.17, 15) is 9.18 Å². The highest BCUT2D eigenvalue weighted by atomic mass is 35.5. The van der Waals surface area contributed by atoms with E-state index < -0.39 is 0 Å². The van der Waals surface area contributed by atoms with Crippen molar-refractivity contribution in [1.29, 1.82) is 0 Å². The third-order valence-electron chi connectivity index (χ3n) is 4.97. The molecule has 24 heavy (non-hydrogen) atoms. The summed E-state index contributed by atoms with van der Waals surface area (Å²) in [6.07, 6.45) is 5.42. The molecule has 2 heterocycles. The highest BCUT2D eigenvalue weighted by molar-refractivity contribution is 5.85. The number of nitrogens with one attached hydrogen (secondary N) is 1. The molecule has 134 valence electrons. The number of carbonyl (C=O) groups excluding carboxylic acids is 1. The van der Waals surface area contributed by atoms with Crippen LogP contribution in [0.5, 0.6) is 5.75 Å². The minimum absolute atomic E-state index is 0. The summed E-state index contributed by atoms with van der Waals surface area (Å²) < 4.78 is 18.4. The van der Waals surface area contributed by atoms with Crippen molar-refractivity contribution in [2.45, 2.75) is 44.2 Å². The predicted molar refractivity (Wildman–Crippen MR) is 94.1 cm³/mol. The van der Waals surface area contributed by atoms with Gasteiger partial charge in [0.15, 0.2) is 0 Å². The molecule has 1 amide bonds. The van der Waals surface area contributed by atoms with Gasteiger partial charge in [0.2, 0.25) is 5.91 Å². The summed E-state index contributed by atoms with van der Waals surface area (Å²) >= 11 is 0. The number of hydrogen-bond acceptors (Lipinski definition) is 3. The van der Waals surface area contributed by atoms with Crippen LogP contribution in [0.1, 0.15) is 32.1 Å². The second-order valence-corrected chi connectivity index (χ2v) is 6.80. The third-order valence-corrected chi connectivity index (χ3v) is 4.97. The highest BCUT2D eigenvalue weighted by Crippen LogP contribution is 2.32. The lowest BCUT2D eigenvalue weighted by Crippen LogP contribution is -2.40. The zero-order valence-electron chi connectivity index (χ0n) is 14.0. The zero-order valence-corrected chi connectivity index (χ0v) is 14.9. The topological polar surface area (TPSA) is 41.6 Å². The first-order chi connectivity index (χ1) is 11.1. The number of benzene rings is 1. The van der Waals surface area contributed by atoms with Crippen LogP contribution in [0.2, 0.25) is 0 Å². The number of fused-ring (bicyclic) bond motifs is 2. The maximum atomic E-state index is 12.8. The number of likely N-dealkylation sites (N-methyl/N-ethyl adjacent to an activating group) is 1. The summed E-state index contributed by atoms with van der Waals surface area (Å²) in [6.45, 7) is 0.972. The molecule has 6 heteroatoms. The molecule has 0 spiro atoms. The van der Waals surface area contributed by atoms with Crippen LogP contribution in [-0.4, -0.2) is 43.1 Å². The number of carbonyl (C=O) groups is 1. The van der Waals surface area contributed by atoms with E-state index in [1.54, 1.807) is 17.0 Å². The van der Waals surface area contributed by atoms with Crippen LogP contribution >= 0.6 is 12.4 Å². The molecule has 0 radical (unpaired) electrons. The Morgan fingerprint density at radius 2 is 1.88 bits per heavy atom. The van der Waals surface area contributed by atoms with Crippen LogP contribution in [0.4, 0.5) is 4.39 Å². The van der Waals surface area contributed by atoms with Gasteiger partial charge in [-0.1, -0.05) is 0 Å². The standard InChI is InChI=1S/C18H25FN2O2.ClH/c1-21(8-9-23-17-6-2-14(19)3-7-17)18(22)12-13-10-15-4-5-16(11-13)20-15;/h2-3,6-7,13,15-16,20H,4-5,8-12H2,1H3;1H. The Bertz CT molecular complexity index is 528. The van der Waals surface area contributed by atoms with Gasteiger partial charge in [0.1, 0.15) is 18.2 Å².